The quantitative estimate of drug-likeness (QED) is 0.808. The predicted molar refractivity (Wildman–Crippen MR) is 63.5 cm³/mol. The third-order valence-electron chi connectivity index (χ3n) is 2.11. The van der Waals surface area contributed by atoms with Crippen LogP contribution in [-0.2, 0) is 6.54 Å². The summed E-state index contributed by atoms with van der Waals surface area (Å²) < 4.78 is 14.9. The highest BCUT2D eigenvalue weighted by molar-refractivity contribution is 6.33. The number of halogens is 3. The summed E-state index contributed by atoms with van der Waals surface area (Å²) >= 11 is 11.2. The van der Waals surface area contributed by atoms with E-state index in [1.165, 1.54) is 0 Å². The van der Waals surface area contributed by atoms with Crippen molar-refractivity contribution in [2.24, 2.45) is 0 Å². The Kier molecular flexibility index (Phi) is 3.59. The molecule has 0 radical (unpaired) electrons. The minimum absolute atomic E-state index is 0.267. The van der Waals surface area contributed by atoms with Crippen LogP contribution in [0.25, 0.3) is 11.4 Å². The van der Waals surface area contributed by atoms with Crippen molar-refractivity contribution >= 4 is 23.2 Å². The maximum absolute atomic E-state index is 13.1. The van der Waals surface area contributed by atoms with Crippen LogP contribution in [0.5, 0.6) is 0 Å². The van der Waals surface area contributed by atoms with E-state index in [0.29, 0.717) is 5.56 Å². The molecule has 0 saturated carbocycles. The van der Waals surface area contributed by atoms with Crippen LogP contribution in [0.1, 0.15) is 13.3 Å². The Morgan fingerprint density at radius 1 is 1.29 bits per heavy atom. The highest BCUT2D eigenvalue weighted by atomic mass is 35.5. The van der Waals surface area contributed by atoms with E-state index in [9.17, 15) is 4.39 Å². The van der Waals surface area contributed by atoms with Gasteiger partial charge in [0.1, 0.15) is 0 Å². The number of aryl methyl sites for hydroxylation is 1. The van der Waals surface area contributed by atoms with E-state index in [2.05, 4.69) is 15.1 Å². The van der Waals surface area contributed by atoms with Gasteiger partial charge in [0, 0.05) is 12.7 Å². The van der Waals surface area contributed by atoms with E-state index in [4.69, 9.17) is 23.2 Å². The van der Waals surface area contributed by atoms with Gasteiger partial charge in [-0.15, -0.1) is 0 Å². The molecule has 7 heteroatoms. The van der Waals surface area contributed by atoms with Crippen molar-refractivity contribution in [3.63, 3.8) is 0 Å². The Bertz CT molecular complexity index is 518. The Morgan fingerprint density at radius 2 is 1.94 bits per heavy atom. The molecule has 0 aliphatic carbocycles. The van der Waals surface area contributed by atoms with Gasteiger partial charge in [0.2, 0.25) is 0 Å². The summed E-state index contributed by atoms with van der Waals surface area (Å²) in [7, 11) is 0. The van der Waals surface area contributed by atoms with Crippen LogP contribution in [0.4, 0.5) is 4.39 Å². The number of nitrogens with zero attached hydrogens (tertiary/aromatic N) is 4. The van der Waals surface area contributed by atoms with Crippen LogP contribution >= 0.6 is 23.2 Å². The topological polar surface area (TPSA) is 43.6 Å². The van der Waals surface area contributed by atoms with Gasteiger partial charge in [-0.25, -0.2) is 14.4 Å². The standard InChI is InChI=1S/C10H9Cl2FN4/c1-2-3-17-5-6(4-14-17)10-15-8(11)7(13)9(12)16-10/h4-5H,2-3H2,1H3. The van der Waals surface area contributed by atoms with E-state index < -0.39 is 5.82 Å². The van der Waals surface area contributed by atoms with Crippen LogP contribution in [-0.4, -0.2) is 19.7 Å². The molecule has 0 spiro atoms. The Labute approximate surface area is 107 Å². The van der Waals surface area contributed by atoms with Crippen LogP contribution < -0.4 is 0 Å². The molecular formula is C10H9Cl2FN4. The lowest BCUT2D eigenvalue weighted by atomic mass is 10.3. The van der Waals surface area contributed by atoms with Crippen LogP contribution in [0, 0.1) is 5.82 Å². The number of rotatable bonds is 3. The van der Waals surface area contributed by atoms with Crippen LogP contribution in [0.15, 0.2) is 12.4 Å². The van der Waals surface area contributed by atoms with E-state index in [1.807, 2.05) is 6.92 Å². The second-order valence-corrected chi connectivity index (χ2v) is 4.15. The fourth-order valence-corrected chi connectivity index (χ4v) is 1.74. The molecule has 0 aliphatic rings. The third kappa shape index (κ3) is 2.56. The molecule has 0 atom stereocenters. The van der Waals surface area contributed by atoms with Gasteiger partial charge in [-0.3, -0.25) is 4.68 Å². The fourth-order valence-electron chi connectivity index (χ4n) is 1.35. The van der Waals surface area contributed by atoms with E-state index in [0.717, 1.165) is 13.0 Å². The fraction of sp³-hybridized carbons (Fsp3) is 0.300. The molecule has 0 fully saturated rings. The maximum atomic E-state index is 13.1. The van der Waals surface area contributed by atoms with E-state index in [-0.39, 0.29) is 16.1 Å². The average Bonchev–Trinajstić information content (AvgIpc) is 2.74. The van der Waals surface area contributed by atoms with Gasteiger partial charge >= 0.3 is 0 Å². The molecule has 17 heavy (non-hydrogen) atoms. The summed E-state index contributed by atoms with van der Waals surface area (Å²) in [4.78, 5) is 7.64. The van der Waals surface area contributed by atoms with Gasteiger partial charge in [0.25, 0.3) is 0 Å². The summed E-state index contributed by atoms with van der Waals surface area (Å²) in [6, 6.07) is 0. The Morgan fingerprint density at radius 3 is 2.53 bits per heavy atom. The lowest BCUT2D eigenvalue weighted by Crippen LogP contribution is -1.96. The molecule has 2 aromatic heterocycles. The lowest BCUT2D eigenvalue weighted by Gasteiger charge is -2.00. The van der Waals surface area contributed by atoms with E-state index >= 15 is 0 Å². The van der Waals surface area contributed by atoms with Gasteiger partial charge in [0.05, 0.1) is 11.8 Å². The molecule has 0 bridgehead atoms. The SMILES string of the molecule is CCCn1cc(-c2nc(Cl)c(F)c(Cl)n2)cn1. The maximum Gasteiger partial charge on any atom is 0.197 e. The minimum atomic E-state index is -0.807. The third-order valence-corrected chi connectivity index (χ3v) is 2.62. The monoisotopic (exact) mass is 274 g/mol. The van der Waals surface area contributed by atoms with Crippen LogP contribution in [0.2, 0.25) is 10.3 Å². The summed E-state index contributed by atoms with van der Waals surface area (Å²) in [6.45, 7) is 2.84. The molecular weight excluding hydrogens is 266 g/mol. The zero-order valence-electron chi connectivity index (χ0n) is 8.99. The van der Waals surface area contributed by atoms with Gasteiger partial charge in [0.15, 0.2) is 21.9 Å². The largest absolute Gasteiger partial charge is 0.272 e. The second kappa shape index (κ2) is 4.98. The molecule has 2 rings (SSSR count). The first-order valence-electron chi connectivity index (χ1n) is 5.03. The normalized spacial score (nSPS) is 10.8. The number of hydrogen-bond donors (Lipinski definition) is 0. The van der Waals surface area contributed by atoms with Crippen molar-refractivity contribution in [2.75, 3.05) is 0 Å². The van der Waals surface area contributed by atoms with Gasteiger partial charge < -0.3 is 0 Å². The molecule has 90 valence electrons. The molecule has 0 N–H and O–H groups in total. The average molecular weight is 275 g/mol. The molecule has 0 aliphatic heterocycles. The van der Waals surface area contributed by atoms with Crippen molar-refractivity contribution in [2.45, 2.75) is 19.9 Å². The molecule has 4 nitrogen and oxygen atoms in total. The van der Waals surface area contributed by atoms with Crippen molar-refractivity contribution < 1.29 is 4.39 Å². The first kappa shape index (κ1) is 12.3. The van der Waals surface area contributed by atoms with Crippen molar-refractivity contribution in [3.05, 3.63) is 28.5 Å². The lowest BCUT2D eigenvalue weighted by molar-refractivity contribution is 0.603. The summed E-state index contributed by atoms with van der Waals surface area (Å²) in [6.07, 6.45) is 4.33. The van der Waals surface area contributed by atoms with Gasteiger partial charge in [-0.05, 0) is 6.42 Å². The number of hydrogen-bond acceptors (Lipinski definition) is 3. The number of aromatic nitrogens is 4. The molecule has 2 heterocycles. The summed E-state index contributed by atoms with van der Waals surface area (Å²) in [5, 5.41) is 3.54. The van der Waals surface area contributed by atoms with Crippen LogP contribution in [0.3, 0.4) is 0 Å². The molecule has 0 amide bonds. The second-order valence-electron chi connectivity index (χ2n) is 3.43. The molecule has 0 aromatic carbocycles. The minimum Gasteiger partial charge on any atom is -0.272 e. The van der Waals surface area contributed by atoms with Gasteiger partial charge in [-0.2, -0.15) is 5.10 Å². The Balaban J connectivity index is 2.39. The van der Waals surface area contributed by atoms with E-state index in [1.54, 1.807) is 17.1 Å². The first-order valence-corrected chi connectivity index (χ1v) is 5.78. The zero-order valence-corrected chi connectivity index (χ0v) is 10.5. The van der Waals surface area contributed by atoms with Crippen molar-refractivity contribution in [1.82, 2.24) is 19.7 Å². The highest BCUT2D eigenvalue weighted by Gasteiger charge is 2.13. The predicted octanol–water partition coefficient (Wildman–Crippen LogP) is 3.20. The molecule has 0 unspecified atom stereocenters. The van der Waals surface area contributed by atoms with Crippen molar-refractivity contribution in [1.29, 1.82) is 0 Å². The first-order chi connectivity index (χ1) is 8.11. The zero-order chi connectivity index (χ0) is 12.4. The van der Waals surface area contributed by atoms with Crippen molar-refractivity contribution in [3.8, 4) is 11.4 Å². The highest BCUT2D eigenvalue weighted by Crippen LogP contribution is 2.23. The summed E-state index contributed by atoms with van der Waals surface area (Å²) in [5.41, 5.74) is 0.655. The summed E-state index contributed by atoms with van der Waals surface area (Å²) in [5.74, 6) is -0.540. The Hall–Kier alpha value is -1.20. The molecule has 2 aromatic rings. The van der Waals surface area contributed by atoms with Gasteiger partial charge in [-0.1, -0.05) is 30.1 Å². The smallest absolute Gasteiger partial charge is 0.197 e. The molecule has 0 saturated heterocycles.